The number of hydrogen-bond acceptors (Lipinski definition) is 7. The molecule has 4 rings (SSSR count). The third-order valence-electron chi connectivity index (χ3n) is 6.31. The normalized spacial score (nSPS) is 25.2. The van der Waals surface area contributed by atoms with Gasteiger partial charge in [0, 0.05) is 5.56 Å². The number of carbonyl (C=O) groups is 3. The average Bonchev–Trinajstić information content (AvgIpc) is 3.27. The molecule has 1 saturated heterocycles. The molecule has 9 nitrogen and oxygen atoms in total. The lowest BCUT2D eigenvalue weighted by molar-refractivity contribution is -0.153. The zero-order valence-corrected chi connectivity index (χ0v) is 19.7. The van der Waals surface area contributed by atoms with Crippen LogP contribution in [-0.2, 0) is 14.3 Å². The second-order valence-corrected chi connectivity index (χ2v) is 10.2. The fraction of sp³-hybridized carbons (Fsp3) is 0.542. The van der Waals surface area contributed by atoms with Gasteiger partial charge in [0.15, 0.2) is 6.10 Å². The van der Waals surface area contributed by atoms with Crippen LogP contribution in [0.15, 0.2) is 28.7 Å². The van der Waals surface area contributed by atoms with Crippen molar-refractivity contribution in [3.8, 4) is 11.5 Å². The number of ether oxygens (including phenoxy) is 1. The third-order valence-corrected chi connectivity index (χ3v) is 6.31. The van der Waals surface area contributed by atoms with E-state index in [-0.39, 0.29) is 23.1 Å². The number of hydrogen-bond donors (Lipinski definition) is 1. The summed E-state index contributed by atoms with van der Waals surface area (Å²) >= 11 is 0. The Hall–Kier alpha value is -3.23. The van der Waals surface area contributed by atoms with E-state index in [0.717, 1.165) is 22.4 Å². The largest absolute Gasteiger partial charge is 0.451 e. The molecule has 2 heterocycles. The maximum Gasteiger partial charge on any atom is 0.327 e. The third kappa shape index (κ3) is 4.62. The van der Waals surface area contributed by atoms with Crippen LogP contribution in [0.2, 0.25) is 0 Å². The standard InChI is InChI=1S/C24H30N4O5/c1-14-6-8-17(9-7-14)20-27-26-19(33-20)16(3)32-18(29)12-28-21(30)24(25-22(28)31)11-15(2)10-23(4,5)13-24/h6-9,15-16H,10-13H2,1-5H3,(H,25,31). The molecule has 1 spiro atoms. The van der Waals surface area contributed by atoms with Crippen molar-refractivity contribution in [2.75, 3.05) is 6.54 Å². The van der Waals surface area contributed by atoms with E-state index in [1.165, 1.54) is 0 Å². The van der Waals surface area contributed by atoms with Gasteiger partial charge in [-0.15, -0.1) is 10.2 Å². The Kier molecular flexibility index (Phi) is 5.76. The molecule has 1 aliphatic heterocycles. The van der Waals surface area contributed by atoms with Crippen molar-refractivity contribution in [3.63, 3.8) is 0 Å². The van der Waals surface area contributed by atoms with Gasteiger partial charge in [-0.25, -0.2) is 4.79 Å². The van der Waals surface area contributed by atoms with Gasteiger partial charge in [0.05, 0.1) is 0 Å². The summed E-state index contributed by atoms with van der Waals surface area (Å²) in [5.41, 5.74) is 0.819. The van der Waals surface area contributed by atoms with E-state index in [2.05, 4.69) is 36.3 Å². The van der Waals surface area contributed by atoms with Crippen LogP contribution in [0.1, 0.15) is 64.5 Å². The summed E-state index contributed by atoms with van der Waals surface area (Å²) in [6.45, 7) is 9.38. The molecular weight excluding hydrogens is 424 g/mol. The summed E-state index contributed by atoms with van der Waals surface area (Å²) < 4.78 is 11.0. The molecule has 3 atom stereocenters. The first-order chi connectivity index (χ1) is 15.5. The van der Waals surface area contributed by atoms with E-state index in [1.807, 2.05) is 31.2 Å². The maximum atomic E-state index is 13.2. The van der Waals surface area contributed by atoms with Gasteiger partial charge in [-0.2, -0.15) is 0 Å². The Bertz CT molecular complexity index is 1080. The highest BCUT2D eigenvalue weighted by atomic mass is 16.6. The second kappa shape index (κ2) is 8.28. The number of amides is 3. The Morgan fingerprint density at radius 3 is 2.61 bits per heavy atom. The molecule has 0 bridgehead atoms. The molecule has 3 amide bonds. The minimum atomic E-state index is -0.959. The SMILES string of the molecule is Cc1ccc(-c2nnc(C(C)OC(=O)CN3C(=O)NC4(CC(C)CC(C)(C)C4)C3=O)o2)cc1. The topological polar surface area (TPSA) is 115 Å². The number of benzene rings is 1. The maximum absolute atomic E-state index is 13.2. The van der Waals surface area contributed by atoms with Gasteiger partial charge in [0.2, 0.25) is 5.89 Å². The van der Waals surface area contributed by atoms with Crippen LogP contribution in [0.5, 0.6) is 0 Å². The summed E-state index contributed by atoms with van der Waals surface area (Å²) in [5.74, 6) is -0.351. The summed E-state index contributed by atoms with van der Waals surface area (Å²) in [5, 5.41) is 10.8. The highest BCUT2D eigenvalue weighted by Gasteiger charge is 2.56. The number of urea groups is 1. The van der Waals surface area contributed by atoms with Crippen molar-refractivity contribution in [1.82, 2.24) is 20.4 Å². The molecule has 3 unspecified atom stereocenters. The lowest BCUT2D eigenvalue weighted by Crippen LogP contribution is -2.54. The number of esters is 1. The molecule has 1 saturated carbocycles. The van der Waals surface area contributed by atoms with Crippen molar-refractivity contribution < 1.29 is 23.5 Å². The van der Waals surface area contributed by atoms with Crippen LogP contribution in [0, 0.1) is 18.3 Å². The van der Waals surface area contributed by atoms with Crippen LogP contribution in [0.25, 0.3) is 11.5 Å². The molecule has 33 heavy (non-hydrogen) atoms. The lowest BCUT2D eigenvalue weighted by Gasteiger charge is -2.43. The van der Waals surface area contributed by atoms with E-state index in [0.29, 0.717) is 18.7 Å². The van der Waals surface area contributed by atoms with Gasteiger partial charge in [-0.05, 0) is 56.6 Å². The Balaban J connectivity index is 1.40. The van der Waals surface area contributed by atoms with Crippen molar-refractivity contribution in [2.24, 2.45) is 11.3 Å². The predicted molar refractivity (Wildman–Crippen MR) is 119 cm³/mol. The first kappa shape index (κ1) is 22.9. The Morgan fingerprint density at radius 2 is 1.94 bits per heavy atom. The Morgan fingerprint density at radius 1 is 1.24 bits per heavy atom. The molecule has 1 N–H and O–H groups in total. The zero-order valence-electron chi connectivity index (χ0n) is 19.7. The van der Waals surface area contributed by atoms with Crippen LogP contribution in [-0.4, -0.2) is 45.1 Å². The summed E-state index contributed by atoms with van der Waals surface area (Å²) in [6.07, 6.45) is 1.26. The van der Waals surface area contributed by atoms with Gasteiger partial charge in [0.25, 0.3) is 11.8 Å². The molecule has 1 aliphatic carbocycles. The number of nitrogens with zero attached hydrogens (tertiary/aromatic N) is 3. The molecule has 1 aromatic heterocycles. The molecule has 2 fully saturated rings. The number of imide groups is 1. The highest BCUT2D eigenvalue weighted by Crippen LogP contribution is 2.46. The second-order valence-electron chi connectivity index (χ2n) is 10.2. The smallest absolute Gasteiger partial charge is 0.327 e. The number of rotatable bonds is 5. The lowest BCUT2D eigenvalue weighted by atomic mass is 9.64. The minimum absolute atomic E-state index is 0.0846. The first-order valence-electron chi connectivity index (χ1n) is 11.2. The number of carbonyl (C=O) groups excluding carboxylic acids is 3. The number of nitrogens with one attached hydrogen (secondary N) is 1. The van der Waals surface area contributed by atoms with Gasteiger partial charge in [0.1, 0.15) is 12.1 Å². The van der Waals surface area contributed by atoms with Crippen LogP contribution >= 0.6 is 0 Å². The van der Waals surface area contributed by atoms with E-state index in [9.17, 15) is 14.4 Å². The van der Waals surface area contributed by atoms with E-state index >= 15 is 0 Å². The highest BCUT2D eigenvalue weighted by molar-refractivity contribution is 6.08. The summed E-state index contributed by atoms with van der Waals surface area (Å²) in [7, 11) is 0. The fourth-order valence-corrected chi connectivity index (χ4v) is 5.28. The van der Waals surface area contributed by atoms with E-state index in [1.54, 1.807) is 6.92 Å². The molecule has 2 aromatic rings. The van der Waals surface area contributed by atoms with Gasteiger partial charge < -0.3 is 14.5 Å². The summed E-state index contributed by atoms with van der Waals surface area (Å²) in [4.78, 5) is 39.3. The van der Waals surface area contributed by atoms with E-state index in [4.69, 9.17) is 9.15 Å². The van der Waals surface area contributed by atoms with E-state index < -0.39 is 30.2 Å². The van der Waals surface area contributed by atoms with Gasteiger partial charge in [-0.1, -0.05) is 38.5 Å². The van der Waals surface area contributed by atoms with Crippen LogP contribution in [0.4, 0.5) is 4.79 Å². The summed E-state index contributed by atoms with van der Waals surface area (Å²) in [6, 6.07) is 7.03. The van der Waals surface area contributed by atoms with Crippen LogP contribution in [0.3, 0.4) is 0 Å². The van der Waals surface area contributed by atoms with Crippen molar-refractivity contribution in [3.05, 3.63) is 35.7 Å². The molecule has 0 radical (unpaired) electrons. The molecule has 1 aromatic carbocycles. The van der Waals surface area contributed by atoms with Crippen molar-refractivity contribution in [1.29, 1.82) is 0 Å². The minimum Gasteiger partial charge on any atom is -0.451 e. The van der Waals surface area contributed by atoms with Crippen molar-refractivity contribution in [2.45, 2.75) is 65.5 Å². The molecule has 9 heteroatoms. The number of aromatic nitrogens is 2. The predicted octanol–water partition coefficient (Wildman–Crippen LogP) is 3.79. The van der Waals surface area contributed by atoms with Crippen molar-refractivity contribution >= 4 is 17.9 Å². The fourth-order valence-electron chi connectivity index (χ4n) is 5.28. The zero-order chi connectivity index (χ0) is 24.0. The van der Waals surface area contributed by atoms with Gasteiger partial charge in [-0.3, -0.25) is 14.5 Å². The molecule has 176 valence electrons. The number of aryl methyl sites for hydroxylation is 1. The monoisotopic (exact) mass is 454 g/mol. The quantitative estimate of drug-likeness (QED) is 0.540. The first-order valence-corrected chi connectivity index (χ1v) is 11.2. The van der Waals surface area contributed by atoms with Crippen LogP contribution < -0.4 is 5.32 Å². The molecule has 2 aliphatic rings. The average molecular weight is 455 g/mol. The van der Waals surface area contributed by atoms with Gasteiger partial charge >= 0.3 is 12.0 Å². The molecular formula is C24H30N4O5. The Labute approximate surface area is 192 Å².